The molecule has 0 unspecified atom stereocenters. The summed E-state index contributed by atoms with van der Waals surface area (Å²) in [5.41, 5.74) is 8.86. The molecule has 0 fully saturated rings. The van der Waals surface area contributed by atoms with Crippen LogP contribution in [-0.4, -0.2) is 17.1 Å². The molecule has 0 amide bonds. The number of carbonyl (C=O) groups excluding carboxylic acids is 2. The first-order chi connectivity index (χ1) is 18.9. The summed E-state index contributed by atoms with van der Waals surface area (Å²) < 4.78 is 0. The largest absolute Gasteiger partial charge is 0.358 e. The normalized spacial score (nSPS) is 10.3. The lowest BCUT2D eigenvalue weighted by Crippen LogP contribution is -1.91. The number of aldehydes is 1. The maximum atomic E-state index is 11.5. The standard InChI is InChI=1S/C18H19NO.C8H12O.C5H10.C4H10.C2H6/c1-5-12(2)9-17-11-18(19-13(17)3)16-8-6-7-15(10-16)14(4)20;1-6(2)8(4)7(3)5-9;1-3-5-4-2;1-3-4-2;1-2/h5-11,19H,1H2,2-4H3;5H,1H2,2-4H3;3H,1,4-5H2,2H3;3-4H2,1-2H3;1-2H3/b12-9-;8-7+;;;. The monoisotopic (exact) mass is 547 g/mol. The summed E-state index contributed by atoms with van der Waals surface area (Å²) >= 11 is 0. The van der Waals surface area contributed by atoms with E-state index < -0.39 is 0 Å². The highest BCUT2D eigenvalue weighted by Gasteiger charge is 2.07. The Morgan fingerprint density at radius 1 is 0.925 bits per heavy atom. The van der Waals surface area contributed by atoms with E-state index in [0.717, 1.165) is 63.1 Å². The van der Waals surface area contributed by atoms with Gasteiger partial charge >= 0.3 is 0 Å². The lowest BCUT2D eigenvalue weighted by molar-refractivity contribution is -0.104. The van der Waals surface area contributed by atoms with E-state index in [0.29, 0.717) is 0 Å². The summed E-state index contributed by atoms with van der Waals surface area (Å²) in [6.07, 6.45) is 11.7. The molecule has 0 spiro atoms. The molecule has 0 aliphatic carbocycles. The average molecular weight is 548 g/mol. The molecule has 1 aromatic heterocycles. The van der Waals surface area contributed by atoms with Crippen LogP contribution >= 0.6 is 0 Å². The maximum absolute atomic E-state index is 11.5. The van der Waals surface area contributed by atoms with Gasteiger partial charge in [-0.3, -0.25) is 9.59 Å². The van der Waals surface area contributed by atoms with Gasteiger partial charge in [-0.1, -0.05) is 115 Å². The minimum atomic E-state index is 0.0812. The number of unbranched alkanes of at least 4 members (excludes halogenated alkanes) is 2. The van der Waals surface area contributed by atoms with Crippen LogP contribution in [0.3, 0.4) is 0 Å². The van der Waals surface area contributed by atoms with Crippen molar-refractivity contribution in [2.75, 3.05) is 0 Å². The molecule has 0 saturated carbocycles. The molecule has 0 aliphatic rings. The quantitative estimate of drug-likeness (QED) is 0.112. The first-order valence-electron chi connectivity index (χ1n) is 14.4. The van der Waals surface area contributed by atoms with E-state index in [4.69, 9.17) is 0 Å². The fourth-order valence-corrected chi connectivity index (χ4v) is 2.72. The molecule has 0 bridgehead atoms. The summed E-state index contributed by atoms with van der Waals surface area (Å²) in [5.74, 6) is 0.0812. The van der Waals surface area contributed by atoms with Gasteiger partial charge in [0.15, 0.2) is 5.78 Å². The second-order valence-corrected chi connectivity index (χ2v) is 9.28. The van der Waals surface area contributed by atoms with Crippen LogP contribution in [0.1, 0.15) is 117 Å². The molecule has 2 rings (SSSR count). The zero-order valence-electron chi connectivity index (χ0n) is 27.5. The fraction of sp³-hybridized carbons (Fsp3) is 0.405. The number of aromatic amines is 1. The molecule has 0 radical (unpaired) electrons. The number of Topliss-reactive ketones (excluding diaryl/α,β-unsaturated/α-hetero) is 1. The number of aryl methyl sites for hydroxylation is 1. The average Bonchev–Trinajstić information content (AvgIpc) is 3.34. The van der Waals surface area contributed by atoms with Crippen molar-refractivity contribution in [1.82, 2.24) is 4.98 Å². The highest BCUT2D eigenvalue weighted by Crippen LogP contribution is 2.24. The molecule has 1 heterocycles. The van der Waals surface area contributed by atoms with E-state index in [1.54, 1.807) is 13.8 Å². The van der Waals surface area contributed by atoms with Crippen molar-refractivity contribution >= 4 is 18.1 Å². The number of allylic oxidation sites excluding steroid dienone is 6. The predicted molar refractivity (Wildman–Crippen MR) is 181 cm³/mol. The van der Waals surface area contributed by atoms with Crippen molar-refractivity contribution in [2.24, 2.45) is 0 Å². The number of ketones is 1. The molecule has 2 aromatic rings. The van der Waals surface area contributed by atoms with Gasteiger partial charge < -0.3 is 4.98 Å². The van der Waals surface area contributed by atoms with Crippen LogP contribution in [-0.2, 0) is 4.79 Å². The smallest absolute Gasteiger partial charge is 0.159 e. The minimum Gasteiger partial charge on any atom is -0.358 e. The first-order valence-corrected chi connectivity index (χ1v) is 14.4. The number of nitrogens with one attached hydrogen (secondary N) is 1. The van der Waals surface area contributed by atoms with Gasteiger partial charge in [-0.2, -0.15) is 0 Å². The van der Waals surface area contributed by atoms with Crippen LogP contribution in [0.4, 0.5) is 0 Å². The lowest BCUT2D eigenvalue weighted by atomic mass is 10.1. The Hall–Kier alpha value is -3.46. The van der Waals surface area contributed by atoms with Crippen LogP contribution < -0.4 is 0 Å². The summed E-state index contributed by atoms with van der Waals surface area (Å²) in [7, 11) is 0. The van der Waals surface area contributed by atoms with Gasteiger partial charge in [0.05, 0.1) is 0 Å². The van der Waals surface area contributed by atoms with E-state index >= 15 is 0 Å². The van der Waals surface area contributed by atoms with E-state index in [-0.39, 0.29) is 5.78 Å². The Morgan fingerprint density at radius 3 is 1.85 bits per heavy atom. The molecule has 3 nitrogen and oxygen atoms in total. The van der Waals surface area contributed by atoms with Gasteiger partial charge in [0.2, 0.25) is 0 Å². The molecule has 1 aromatic carbocycles. The van der Waals surface area contributed by atoms with Crippen molar-refractivity contribution in [2.45, 2.75) is 102 Å². The number of carbonyl (C=O) groups is 2. The SMILES string of the molecule is C=C(C)/C(C)=C(\C)C=O.C=C/C(C)=C\c1cc(-c2cccc(C(C)=O)c2)[nH]c1C.C=CCCC.CC.CCCC. The lowest BCUT2D eigenvalue weighted by Gasteiger charge is -2.00. The topological polar surface area (TPSA) is 49.9 Å². The highest BCUT2D eigenvalue weighted by atomic mass is 16.1. The predicted octanol–water partition coefficient (Wildman–Crippen LogP) is 11.7. The molecule has 0 aliphatic heterocycles. The van der Waals surface area contributed by atoms with E-state index in [9.17, 15) is 9.59 Å². The Bertz CT molecular complexity index is 1090. The second kappa shape index (κ2) is 25.8. The van der Waals surface area contributed by atoms with Crippen LogP contribution in [0.5, 0.6) is 0 Å². The molecule has 3 heteroatoms. The Balaban J connectivity index is -0.000000567. The number of benzene rings is 1. The van der Waals surface area contributed by atoms with Gasteiger partial charge in [0.1, 0.15) is 6.29 Å². The zero-order chi connectivity index (χ0) is 31.7. The molecule has 1 N–H and O–H groups in total. The Morgan fingerprint density at radius 2 is 1.50 bits per heavy atom. The van der Waals surface area contributed by atoms with E-state index in [1.807, 2.05) is 78.0 Å². The van der Waals surface area contributed by atoms with Gasteiger partial charge in [0.25, 0.3) is 0 Å². The zero-order valence-corrected chi connectivity index (χ0v) is 27.5. The number of aromatic nitrogens is 1. The van der Waals surface area contributed by atoms with Gasteiger partial charge in [-0.05, 0) is 82.4 Å². The molecular formula is C37H57NO2. The summed E-state index contributed by atoms with van der Waals surface area (Å²) in [6.45, 7) is 32.8. The van der Waals surface area contributed by atoms with Crippen molar-refractivity contribution in [3.63, 3.8) is 0 Å². The van der Waals surface area contributed by atoms with E-state index in [1.165, 1.54) is 19.3 Å². The second-order valence-electron chi connectivity index (χ2n) is 9.28. The van der Waals surface area contributed by atoms with Crippen molar-refractivity contribution in [3.05, 3.63) is 101 Å². The van der Waals surface area contributed by atoms with Crippen LogP contribution in [0.15, 0.2) is 84.5 Å². The van der Waals surface area contributed by atoms with Gasteiger partial charge in [0, 0.05) is 17.0 Å². The Labute approximate surface area is 246 Å². The number of hydrogen-bond donors (Lipinski definition) is 1. The number of H-pyrrole nitrogens is 1. The van der Waals surface area contributed by atoms with Crippen molar-refractivity contribution in [1.29, 1.82) is 0 Å². The van der Waals surface area contributed by atoms with Gasteiger partial charge in [-0.15, -0.1) is 6.58 Å². The van der Waals surface area contributed by atoms with Crippen LogP contribution in [0.25, 0.3) is 17.3 Å². The van der Waals surface area contributed by atoms with E-state index in [2.05, 4.69) is 57.6 Å². The molecule has 222 valence electrons. The summed E-state index contributed by atoms with van der Waals surface area (Å²) in [4.78, 5) is 25.0. The third-order valence-electron chi connectivity index (χ3n) is 5.74. The third-order valence-corrected chi connectivity index (χ3v) is 5.74. The minimum absolute atomic E-state index is 0.0812. The highest BCUT2D eigenvalue weighted by molar-refractivity contribution is 5.95. The molecule has 0 saturated heterocycles. The van der Waals surface area contributed by atoms with Crippen LogP contribution in [0, 0.1) is 6.92 Å². The number of hydrogen-bond acceptors (Lipinski definition) is 2. The van der Waals surface area contributed by atoms with Crippen LogP contribution in [0.2, 0.25) is 0 Å². The van der Waals surface area contributed by atoms with Crippen molar-refractivity contribution in [3.8, 4) is 11.3 Å². The first kappa shape index (κ1) is 41.0. The van der Waals surface area contributed by atoms with Gasteiger partial charge in [-0.25, -0.2) is 0 Å². The maximum Gasteiger partial charge on any atom is 0.159 e. The van der Waals surface area contributed by atoms with Crippen molar-refractivity contribution < 1.29 is 9.59 Å². The molecular weight excluding hydrogens is 490 g/mol. The number of rotatable bonds is 9. The summed E-state index contributed by atoms with van der Waals surface area (Å²) in [6, 6.07) is 9.77. The molecule has 40 heavy (non-hydrogen) atoms. The summed E-state index contributed by atoms with van der Waals surface area (Å²) in [5, 5.41) is 0. The molecule has 0 atom stereocenters. The fourth-order valence-electron chi connectivity index (χ4n) is 2.72. The Kier molecular flexibility index (Phi) is 26.5. The third kappa shape index (κ3) is 18.7.